The minimum Gasteiger partial charge on any atom is -0.318 e. The molecule has 238 valence electrons. The van der Waals surface area contributed by atoms with Crippen LogP contribution in [0.2, 0.25) is 0 Å². The van der Waals surface area contributed by atoms with Crippen molar-refractivity contribution in [1.82, 2.24) is 19.1 Å². The van der Waals surface area contributed by atoms with Gasteiger partial charge in [0.25, 0.3) is 0 Å². The molecule has 0 N–H and O–H groups in total. The minimum atomic E-state index is 0.0671. The minimum absolute atomic E-state index is 0.0671. The molecule has 0 spiro atoms. The van der Waals surface area contributed by atoms with E-state index < -0.39 is 0 Å². The van der Waals surface area contributed by atoms with Crippen LogP contribution in [0, 0.1) is 0 Å². The Kier molecular flexibility index (Phi) is 5.95. The third-order valence-corrected chi connectivity index (χ3v) is 10.6. The number of benzene rings is 5. The van der Waals surface area contributed by atoms with Gasteiger partial charge in [0.1, 0.15) is 11.7 Å². The molecule has 51 heavy (non-hydrogen) atoms. The zero-order valence-corrected chi connectivity index (χ0v) is 27.6. The molecular weight excluding hydrogens is 623 g/mol. The molecule has 3 aliphatic rings. The van der Waals surface area contributed by atoms with E-state index >= 15 is 0 Å². The van der Waals surface area contributed by atoms with Gasteiger partial charge in [-0.2, -0.15) is 4.58 Å². The molecule has 0 fully saturated rings. The first-order valence-electron chi connectivity index (χ1n) is 17.3. The molecule has 0 saturated carbocycles. The summed E-state index contributed by atoms with van der Waals surface area (Å²) in [4.78, 5) is 11.5. The second-order valence-electron chi connectivity index (χ2n) is 13.3. The van der Waals surface area contributed by atoms with Crippen molar-refractivity contribution in [3.63, 3.8) is 0 Å². The van der Waals surface area contributed by atoms with E-state index in [1.807, 2.05) is 36.9 Å². The zero-order valence-electron chi connectivity index (χ0n) is 27.6. The lowest BCUT2D eigenvalue weighted by molar-refractivity contribution is 0.931. The highest BCUT2D eigenvalue weighted by Gasteiger charge is 2.48. The third kappa shape index (κ3) is 4.12. The van der Waals surface area contributed by atoms with E-state index in [0.717, 1.165) is 27.9 Å². The largest absolute Gasteiger partial charge is 0.318 e. The number of hydrogen-bond donors (Lipinski definition) is 0. The Morgan fingerprint density at radius 1 is 0.569 bits per heavy atom. The van der Waals surface area contributed by atoms with Crippen LogP contribution in [0.15, 0.2) is 176 Å². The van der Waals surface area contributed by atoms with Gasteiger partial charge in [-0.25, -0.2) is 0 Å². The SMILES string of the molecule is C1=CC2=[N+](c3ccccc3)c3ccccc3N3c4cc5c(cc4C(=C1)C23)c1ccccc1n5-c1cc(-c2cccnc2)cc(-c2cccnc2)c1. The normalized spacial score (nSPS) is 15.6. The van der Waals surface area contributed by atoms with Gasteiger partial charge in [-0.15, -0.1) is 0 Å². The smallest absolute Gasteiger partial charge is 0.235 e. The van der Waals surface area contributed by atoms with Gasteiger partial charge in [0.05, 0.1) is 16.7 Å². The summed E-state index contributed by atoms with van der Waals surface area (Å²) in [6, 6.07) is 48.4. The number of anilines is 2. The van der Waals surface area contributed by atoms with Gasteiger partial charge in [-0.3, -0.25) is 9.97 Å². The van der Waals surface area contributed by atoms with Crippen LogP contribution in [0.5, 0.6) is 0 Å². The topological polar surface area (TPSA) is 37.0 Å². The van der Waals surface area contributed by atoms with E-state index in [1.165, 1.54) is 61.4 Å². The molecule has 0 amide bonds. The maximum absolute atomic E-state index is 4.46. The van der Waals surface area contributed by atoms with E-state index in [-0.39, 0.29) is 6.04 Å². The molecule has 1 unspecified atom stereocenters. The molecule has 5 heterocycles. The summed E-state index contributed by atoms with van der Waals surface area (Å²) in [5, 5.41) is 2.47. The third-order valence-electron chi connectivity index (χ3n) is 10.6. The summed E-state index contributed by atoms with van der Waals surface area (Å²) in [7, 11) is 0. The van der Waals surface area contributed by atoms with Gasteiger partial charge in [-0.1, -0.05) is 72.8 Å². The summed E-state index contributed by atoms with van der Waals surface area (Å²) >= 11 is 0. The fourth-order valence-electron chi connectivity index (χ4n) is 8.42. The second kappa shape index (κ2) is 10.8. The standard InChI is InChI=1S/C46H30N5/c1-2-13-34(14-3-1)49-41-18-6-7-19-42(41)51-45-27-44-38(26-39(45)37-16-8-20-43(49)46(37)51)36-15-4-5-17-40(36)50(44)35-24-32(30-11-9-21-47-28-30)23-33(25-35)31-12-10-22-48-29-31/h1-29,46H/q+1. The van der Waals surface area contributed by atoms with Crippen molar-refractivity contribution < 1.29 is 0 Å². The molecule has 0 saturated heterocycles. The Bertz CT molecular complexity index is 2740. The summed E-state index contributed by atoms with van der Waals surface area (Å²) < 4.78 is 4.88. The number of hydrogen-bond acceptors (Lipinski definition) is 3. The zero-order chi connectivity index (χ0) is 33.5. The maximum atomic E-state index is 4.46. The van der Waals surface area contributed by atoms with Gasteiger partial charge in [0.2, 0.25) is 17.1 Å². The highest BCUT2D eigenvalue weighted by atomic mass is 15.3. The highest BCUT2D eigenvalue weighted by Crippen LogP contribution is 2.54. The van der Waals surface area contributed by atoms with Crippen LogP contribution in [-0.4, -0.2) is 26.3 Å². The van der Waals surface area contributed by atoms with E-state index in [2.05, 4.69) is 164 Å². The molecule has 3 aromatic heterocycles. The molecule has 1 aliphatic carbocycles. The van der Waals surface area contributed by atoms with Crippen LogP contribution in [0.4, 0.5) is 22.7 Å². The van der Waals surface area contributed by atoms with Crippen LogP contribution in [0.3, 0.4) is 0 Å². The van der Waals surface area contributed by atoms with E-state index in [9.17, 15) is 0 Å². The predicted octanol–water partition coefficient (Wildman–Crippen LogP) is 10.7. The van der Waals surface area contributed by atoms with Crippen LogP contribution in [-0.2, 0) is 0 Å². The molecule has 8 aromatic rings. The number of pyridine rings is 2. The first-order chi connectivity index (χ1) is 25.3. The van der Waals surface area contributed by atoms with Crippen LogP contribution >= 0.6 is 0 Å². The number of para-hydroxylation sites is 4. The summed E-state index contributed by atoms with van der Waals surface area (Å²) in [6.07, 6.45) is 14.3. The van der Waals surface area contributed by atoms with Crippen molar-refractivity contribution >= 4 is 55.8 Å². The van der Waals surface area contributed by atoms with Crippen molar-refractivity contribution in [2.45, 2.75) is 6.04 Å². The summed E-state index contributed by atoms with van der Waals surface area (Å²) in [5.74, 6) is 0. The van der Waals surface area contributed by atoms with Gasteiger partial charge in [-0.05, 0) is 71.3 Å². The van der Waals surface area contributed by atoms with Crippen molar-refractivity contribution in [3.8, 4) is 27.9 Å². The van der Waals surface area contributed by atoms with E-state index in [0.29, 0.717) is 0 Å². The van der Waals surface area contributed by atoms with Crippen molar-refractivity contribution in [2.75, 3.05) is 4.90 Å². The van der Waals surface area contributed by atoms with Gasteiger partial charge >= 0.3 is 0 Å². The Morgan fingerprint density at radius 3 is 2.06 bits per heavy atom. The molecule has 5 heteroatoms. The highest BCUT2D eigenvalue weighted by molar-refractivity contribution is 6.23. The van der Waals surface area contributed by atoms with Gasteiger partial charge < -0.3 is 9.47 Å². The van der Waals surface area contributed by atoms with Crippen molar-refractivity contribution in [1.29, 1.82) is 0 Å². The fourth-order valence-corrected chi connectivity index (χ4v) is 8.42. The molecule has 5 aromatic carbocycles. The Hall–Kier alpha value is -6.85. The maximum Gasteiger partial charge on any atom is 0.235 e. The molecule has 0 radical (unpaired) electrons. The predicted molar refractivity (Wildman–Crippen MR) is 210 cm³/mol. The lowest BCUT2D eigenvalue weighted by atomic mass is 9.91. The van der Waals surface area contributed by atoms with E-state index in [4.69, 9.17) is 0 Å². The second-order valence-corrected chi connectivity index (χ2v) is 13.3. The number of rotatable bonds is 4. The number of aromatic nitrogens is 3. The number of allylic oxidation sites excluding steroid dienone is 2. The molecule has 2 aliphatic heterocycles. The first-order valence-corrected chi connectivity index (χ1v) is 17.3. The average Bonchev–Trinajstić information content (AvgIpc) is 3.71. The molecule has 0 bridgehead atoms. The number of nitrogens with zero attached hydrogens (tertiary/aromatic N) is 5. The summed E-state index contributed by atoms with van der Waals surface area (Å²) in [5.41, 5.74) is 16.5. The summed E-state index contributed by atoms with van der Waals surface area (Å²) in [6.45, 7) is 0. The molecule has 5 nitrogen and oxygen atoms in total. The Balaban J connectivity index is 1.19. The molecule has 11 rings (SSSR count). The van der Waals surface area contributed by atoms with E-state index in [1.54, 1.807) is 0 Å². The molecular formula is C46H30N5+. The lowest BCUT2D eigenvalue weighted by Crippen LogP contribution is -2.43. The van der Waals surface area contributed by atoms with Crippen LogP contribution < -0.4 is 9.48 Å². The molecule has 1 atom stereocenters. The Labute approximate surface area is 295 Å². The monoisotopic (exact) mass is 652 g/mol. The fraction of sp³-hybridized carbons (Fsp3) is 0.0217. The van der Waals surface area contributed by atoms with Crippen LogP contribution in [0.25, 0.3) is 55.3 Å². The van der Waals surface area contributed by atoms with Gasteiger partial charge in [0.15, 0.2) is 0 Å². The van der Waals surface area contributed by atoms with Crippen molar-refractivity contribution in [3.05, 3.63) is 182 Å². The average molecular weight is 653 g/mol. The van der Waals surface area contributed by atoms with Gasteiger partial charge in [0, 0.05) is 82.2 Å². The number of fused-ring (bicyclic) bond motifs is 8. The quantitative estimate of drug-likeness (QED) is 0.178. The lowest BCUT2D eigenvalue weighted by Gasteiger charge is -2.32. The van der Waals surface area contributed by atoms with Crippen molar-refractivity contribution in [2.24, 2.45) is 0 Å². The van der Waals surface area contributed by atoms with Crippen LogP contribution in [0.1, 0.15) is 5.56 Å². The first kappa shape index (κ1) is 28.0. The Morgan fingerprint density at radius 2 is 1.29 bits per heavy atom.